The highest BCUT2D eigenvalue weighted by Crippen LogP contribution is 2.24. The van der Waals surface area contributed by atoms with Crippen molar-refractivity contribution in [3.63, 3.8) is 0 Å². The molecule has 0 saturated carbocycles. The van der Waals surface area contributed by atoms with Crippen LogP contribution in [0.5, 0.6) is 0 Å². The molecule has 0 aliphatic carbocycles. The van der Waals surface area contributed by atoms with Crippen LogP contribution in [0.3, 0.4) is 0 Å². The number of anilines is 2. The van der Waals surface area contributed by atoms with Gasteiger partial charge in [0.25, 0.3) is 0 Å². The second-order valence-electron chi connectivity index (χ2n) is 3.74. The molecule has 1 fully saturated rings. The Morgan fingerprint density at radius 1 is 1.29 bits per heavy atom. The van der Waals surface area contributed by atoms with E-state index < -0.39 is 0 Å². The van der Waals surface area contributed by atoms with Gasteiger partial charge in [-0.05, 0) is 31.0 Å². The zero-order valence-corrected chi connectivity index (χ0v) is 8.24. The summed E-state index contributed by atoms with van der Waals surface area (Å²) < 4.78 is 0. The highest BCUT2D eigenvalue weighted by atomic mass is 16.3. The predicted octanol–water partition coefficient (Wildman–Crippen LogP) is 1.36. The van der Waals surface area contributed by atoms with Crippen LogP contribution in [-0.4, -0.2) is 18.2 Å². The summed E-state index contributed by atoms with van der Waals surface area (Å²) in [6, 6.07) is 5.89. The minimum Gasteiger partial charge on any atom is -0.398 e. The van der Waals surface area contributed by atoms with Gasteiger partial charge in [0.2, 0.25) is 0 Å². The van der Waals surface area contributed by atoms with E-state index in [1.165, 1.54) is 18.5 Å². The molecule has 0 unspecified atom stereocenters. The van der Waals surface area contributed by atoms with Crippen molar-refractivity contribution in [2.45, 2.75) is 19.4 Å². The number of aliphatic hydroxyl groups is 1. The number of nitrogen functional groups attached to an aromatic ring is 1. The Balaban J connectivity index is 2.25. The quantitative estimate of drug-likeness (QED) is 0.696. The summed E-state index contributed by atoms with van der Waals surface area (Å²) in [4.78, 5) is 2.33. The van der Waals surface area contributed by atoms with Crippen LogP contribution < -0.4 is 10.6 Å². The number of nitrogens with zero attached hydrogens (tertiary/aromatic N) is 1. The molecule has 3 nitrogen and oxygen atoms in total. The van der Waals surface area contributed by atoms with E-state index in [0.717, 1.165) is 18.7 Å². The van der Waals surface area contributed by atoms with Crippen LogP contribution in [-0.2, 0) is 6.61 Å². The maximum absolute atomic E-state index is 9.09. The summed E-state index contributed by atoms with van der Waals surface area (Å²) in [6.07, 6.45) is 2.53. The van der Waals surface area contributed by atoms with Crippen molar-refractivity contribution in [3.05, 3.63) is 23.8 Å². The fourth-order valence-electron chi connectivity index (χ4n) is 1.90. The summed E-state index contributed by atoms with van der Waals surface area (Å²) in [5, 5.41) is 9.09. The molecule has 1 aliphatic rings. The lowest BCUT2D eigenvalue weighted by Crippen LogP contribution is -2.17. The van der Waals surface area contributed by atoms with E-state index in [-0.39, 0.29) is 6.61 Å². The van der Waals surface area contributed by atoms with Crippen molar-refractivity contribution >= 4 is 11.4 Å². The van der Waals surface area contributed by atoms with Crippen molar-refractivity contribution in [3.8, 4) is 0 Å². The van der Waals surface area contributed by atoms with E-state index in [1.54, 1.807) is 0 Å². The van der Waals surface area contributed by atoms with Crippen molar-refractivity contribution in [2.24, 2.45) is 0 Å². The number of rotatable bonds is 2. The standard InChI is InChI=1S/C11H16N2O/c12-11-4-3-10(7-9(11)8-14)13-5-1-2-6-13/h3-4,7,14H,1-2,5-6,8,12H2. The molecule has 76 valence electrons. The maximum Gasteiger partial charge on any atom is 0.0702 e. The van der Waals surface area contributed by atoms with Gasteiger partial charge in [-0.3, -0.25) is 0 Å². The van der Waals surface area contributed by atoms with Crippen molar-refractivity contribution in [1.29, 1.82) is 0 Å². The summed E-state index contributed by atoms with van der Waals surface area (Å²) in [6.45, 7) is 2.26. The molecule has 1 aromatic rings. The fraction of sp³-hybridized carbons (Fsp3) is 0.455. The van der Waals surface area contributed by atoms with Gasteiger partial charge in [0, 0.05) is 30.0 Å². The molecule has 1 heterocycles. The SMILES string of the molecule is Nc1ccc(N2CCCC2)cc1CO. The number of nitrogens with two attached hydrogens (primary N) is 1. The minimum atomic E-state index is 0.0213. The zero-order valence-electron chi connectivity index (χ0n) is 8.24. The number of aliphatic hydroxyl groups excluding tert-OH is 1. The number of benzene rings is 1. The molecule has 0 aromatic heterocycles. The minimum absolute atomic E-state index is 0.0213. The van der Waals surface area contributed by atoms with E-state index in [2.05, 4.69) is 4.90 Å². The third-order valence-electron chi connectivity index (χ3n) is 2.77. The monoisotopic (exact) mass is 192 g/mol. The molecular formula is C11H16N2O. The lowest BCUT2D eigenvalue weighted by atomic mass is 10.1. The predicted molar refractivity (Wildman–Crippen MR) is 58.2 cm³/mol. The van der Waals surface area contributed by atoms with Gasteiger partial charge in [0.05, 0.1) is 6.61 Å². The van der Waals surface area contributed by atoms with Crippen molar-refractivity contribution in [2.75, 3.05) is 23.7 Å². The van der Waals surface area contributed by atoms with Gasteiger partial charge in [0.15, 0.2) is 0 Å². The van der Waals surface area contributed by atoms with Crippen LogP contribution in [0, 0.1) is 0 Å². The van der Waals surface area contributed by atoms with E-state index in [4.69, 9.17) is 10.8 Å². The average Bonchev–Trinajstić information content (AvgIpc) is 2.71. The van der Waals surface area contributed by atoms with Crippen LogP contribution in [0.4, 0.5) is 11.4 Å². The molecule has 0 amide bonds. The number of hydrogen-bond acceptors (Lipinski definition) is 3. The smallest absolute Gasteiger partial charge is 0.0702 e. The first-order valence-electron chi connectivity index (χ1n) is 5.05. The molecule has 1 aliphatic heterocycles. The van der Waals surface area contributed by atoms with Gasteiger partial charge >= 0.3 is 0 Å². The van der Waals surface area contributed by atoms with Gasteiger partial charge in [-0.15, -0.1) is 0 Å². The Labute approximate surface area is 84.1 Å². The molecule has 2 rings (SSSR count). The largest absolute Gasteiger partial charge is 0.398 e. The Hall–Kier alpha value is -1.22. The van der Waals surface area contributed by atoms with E-state index >= 15 is 0 Å². The molecule has 14 heavy (non-hydrogen) atoms. The van der Waals surface area contributed by atoms with Gasteiger partial charge in [-0.25, -0.2) is 0 Å². The average molecular weight is 192 g/mol. The molecular weight excluding hydrogens is 176 g/mol. The summed E-state index contributed by atoms with van der Waals surface area (Å²) >= 11 is 0. The van der Waals surface area contributed by atoms with Gasteiger partial charge in [-0.1, -0.05) is 0 Å². The summed E-state index contributed by atoms with van der Waals surface area (Å²) in [5.41, 5.74) is 8.41. The lowest BCUT2D eigenvalue weighted by Gasteiger charge is -2.18. The molecule has 3 N–H and O–H groups in total. The highest BCUT2D eigenvalue weighted by molar-refractivity contribution is 5.58. The normalized spacial score (nSPS) is 16.2. The van der Waals surface area contributed by atoms with E-state index in [0.29, 0.717) is 5.69 Å². The highest BCUT2D eigenvalue weighted by Gasteiger charge is 2.12. The van der Waals surface area contributed by atoms with Gasteiger partial charge in [-0.2, -0.15) is 0 Å². The van der Waals surface area contributed by atoms with Crippen molar-refractivity contribution in [1.82, 2.24) is 0 Å². The molecule has 3 heteroatoms. The second-order valence-corrected chi connectivity index (χ2v) is 3.74. The van der Waals surface area contributed by atoms with E-state index in [1.807, 2.05) is 18.2 Å². The molecule has 0 spiro atoms. The molecule has 0 radical (unpaired) electrons. The van der Waals surface area contributed by atoms with E-state index in [9.17, 15) is 0 Å². The summed E-state index contributed by atoms with van der Waals surface area (Å²) in [5.74, 6) is 0. The van der Waals surface area contributed by atoms with Crippen LogP contribution in [0.15, 0.2) is 18.2 Å². The van der Waals surface area contributed by atoms with Crippen LogP contribution in [0.2, 0.25) is 0 Å². The molecule has 1 saturated heterocycles. The Morgan fingerprint density at radius 2 is 2.00 bits per heavy atom. The van der Waals surface area contributed by atoms with Gasteiger partial charge < -0.3 is 15.7 Å². The third-order valence-corrected chi connectivity index (χ3v) is 2.77. The van der Waals surface area contributed by atoms with Crippen LogP contribution in [0.25, 0.3) is 0 Å². The topological polar surface area (TPSA) is 49.5 Å². The van der Waals surface area contributed by atoms with Crippen molar-refractivity contribution < 1.29 is 5.11 Å². The van der Waals surface area contributed by atoms with Gasteiger partial charge in [0.1, 0.15) is 0 Å². The molecule has 0 bridgehead atoms. The first-order valence-corrected chi connectivity index (χ1v) is 5.05. The zero-order chi connectivity index (χ0) is 9.97. The van der Waals surface area contributed by atoms with Crippen LogP contribution >= 0.6 is 0 Å². The third kappa shape index (κ3) is 1.68. The second kappa shape index (κ2) is 3.88. The Morgan fingerprint density at radius 3 is 2.64 bits per heavy atom. The first-order chi connectivity index (χ1) is 6.81. The Bertz CT molecular complexity index is 319. The Kier molecular flexibility index (Phi) is 2.59. The maximum atomic E-state index is 9.09. The molecule has 0 atom stereocenters. The lowest BCUT2D eigenvalue weighted by molar-refractivity contribution is 0.282. The first kappa shape index (κ1) is 9.34. The molecule has 1 aromatic carbocycles. The summed E-state index contributed by atoms with van der Waals surface area (Å²) in [7, 11) is 0. The number of hydrogen-bond donors (Lipinski definition) is 2. The van der Waals surface area contributed by atoms with Crippen LogP contribution in [0.1, 0.15) is 18.4 Å². The fourth-order valence-corrected chi connectivity index (χ4v) is 1.90.